The second kappa shape index (κ2) is 4.22. The fraction of sp³-hybridized carbons (Fsp3) is 0.308. The van der Waals surface area contributed by atoms with Crippen LogP contribution in [0.5, 0.6) is 0 Å². The van der Waals surface area contributed by atoms with E-state index >= 15 is 0 Å². The molecule has 0 radical (unpaired) electrons. The van der Waals surface area contributed by atoms with E-state index in [1.165, 1.54) is 5.56 Å². The molecule has 0 bridgehead atoms. The largest absolute Gasteiger partial charge is 0.384 e. The minimum absolute atomic E-state index is 0.616. The lowest BCUT2D eigenvalue weighted by Crippen LogP contribution is -2.29. The highest BCUT2D eigenvalue weighted by atomic mass is 16.5. The van der Waals surface area contributed by atoms with E-state index in [0.717, 1.165) is 30.8 Å². The maximum absolute atomic E-state index is 5.79. The van der Waals surface area contributed by atoms with E-state index in [1.54, 1.807) is 6.20 Å². The Kier molecular flexibility index (Phi) is 2.57. The molecule has 0 aliphatic carbocycles. The summed E-state index contributed by atoms with van der Waals surface area (Å²) in [6.45, 7) is 1.80. The zero-order chi connectivity index (χ0) is 11.7. The number of hydrogen-bond donors (Lipinski definition) is 2. The molecular weight excluding hydrogens is 214 g/mol. The van der Waals surface area contributed by atoms with Gasteiger partial charge < -0.3 is 10.5 Å². The van der Waals surface area contributed by atoms with Gasteiger partial charge in [-0.2, -0.15) is 5.10 Å². The molecule has 3 rings (SSSR count). The van der Waals surface area contributed by atoms with Gasteiger partial charge in [0.25, 0.3) is 0 Å². The molecule has 1 aliphatic rings. The van der Waals surface area contributed by atoms with Gasteiger partial charge in [-0.1, -0.05) is 24.3 Å². The summed E-state index contributed by atoms with van der Waals surface area (Å²) < 4.78 is 5.18. The van der Waals surface area contributed by atoms with E-state index in [-0.39, 0.29) is 0 Å². The Bertz CT molecular complexity index is 500. The Hall–Kier alpha value is -1.81. The van der Waals surface area contributed by atoms with Crippen LogP contribution >= 0.6 is 0 Å². The van der Waals surface area contributed by atoms with E-state index in [0.29, 0.717) is 11.7 Å². The van der Waals surface area contributed by atoms with Gasteiger partial charge >= 0.3 is 0 Å². The first-order valence-corrected chi connectivity index (χ1v) is 5.79. The summed E-state index contributed by atoms with van der Waals surface area (Å²) in [5.74, 6) is 1.31. The standard InChI is InChI=1S/C13H15N3O/c14-13-12(6-15-16-13)11-3-1-9(2-4-11)5-10-7-17-8-10/h1-4,6,10H,5,7-8H2,(H3,14,15,16). The van der Waals surface area contributed by atoms with E-state index in [9.17, 15) is 0 Å². The van der Waals surface area contributed by atoms with Gasteiger partial charge in [-0.05, 0) is 17.5 Å². The number of anilines is 1. The molecule has 1 aliphatic heterocycles. The van der Waals surface area contributed by atoms with Gasteiger partial charge in [0.15, 0.2) is 0 Å². The molecule has 0 saturated carbocycles. The number of nitrogens with one attached hydrogen (secondary N) is 1. The first kappa shape index (κ1) is 10.4. The number of rotatable bonds is 3. The zero-order valence-electron chi connectivity index (χ0n) is 9.52. The van der Waals surface area contributed by atoms with Gasteiger partial charge in [0, 0.05) is 11.5 Å². The van der Waals surface area contributed by atoms with E-state index < -0.39 is 0 Å². The van der Waals surface area contributed by atoms with Crippen LogP contribution in [0, 0.1) is 5.92 Å². The highest BCUT2D eigenvalue weighted by Gasteiger charge is 2.18. The summed E-state index contributed by atoms with van der Waals surface area (Å²) in [4.78, 5) is 0. The minimum Gasteiger partial charge on any atom is -0.384 e. The van der Waals surface area contributed by atoms with Crippen LogP contribution in [0.4, 0.5) is 5.82 Å². The number of nitrogens with zero attached hydrogens (tertiary/aromatic N) is 1. The normalized spacial score (nSPS) is 15.8. The number of H-pyrrole nitrogens is 1. The molecule has 3 N–H and O–H groups in total. The maximum Gasteiger partial charge on any atom is 0.126 e. The molecule has 4 nitrogen and oxygen atoms in total. The average Bonchev–Trinajstić information content (AvgIpc) is 2.71. The highest BCUT2D eigenvalue weighted by molar-refractivity contribution is 5.72. The predicted octanol–water partition coefficient (Wildman–Crippen LogP) is 1.85. The molecule has 0 unspecified atom stereocenters. The van der Waals surface area contributed by atoms with Crippen LogP contribution in [0.1, 0.15) is 5.56 Å². The number of nitrogens with two attached hydrogens (primary N) is 1. The van der Waals surface area contributed by atoms with Gasteiger partial charge in [-0.15, -0.1) is 0 Å². The van der Waals surface area contributed by atoms with E-state index in [2.05, 4.69) is 34.5 Å². The molecule has 88 valence electrons. The molecule has 4 heteroatoms. The fourth-order valence-corrected chi connectivity index (χ4v) is 2.08. The van der Waals surface area contributed by atoms with Crippen molar-refractivity contribution in [1.82, 2.24) is 10.2 Å². The topological polar surface area (TPSA) is 63.9 Å². The Morgan fingerprint density at radius 1 is 1.29 bits per heavy atom. The molecule has 17 heavy (non-hydrogen) atoms. The molecule has 1 aromatic carbocycles. The van der Waals surface area contributed by atoms with Crippen molar-refractivity contribution >= 4 is 5.82 Å². The van der Waals surface area contributed by atoms with Gasteiger partial charge in [0.2, 0.25) is 0 Å². The Morgan fingerprint density at radius 3 is 2.59 bits per heavy atom. The molecule has 1 saturated heterocycles. The third-order valence-electron chi connectivity index (χ3n) is 3.17. The van der Waals surface area contributed by atoms with Crippen molar-refractivity contribution in [2.75, 3.05) is 18.9 Å². The SMILES string of the molecule is Nc1[nH]ncc1-c1ccc(CC2COC2)cc1. The van der Waals surface area contributed by atoms with Crippen molar-refractivity contribution in [3.8, 4) is 11.1 Å². The second-order valence-corrected chi connectivity index (χ2v) is 4.50. The maximum atomic E-state index is 5.79. The molecule has 0 spiro atoms. The van der Waals surface area contributed by atoms with Crippen molar-refractivity contribution in [2.45, 2.75) is 6.42 Å². The fourth-order valence-electron chi connectivity index (χ4n) is 2.08. The lowest BCUT2D eigenvalue weighted by atomic mass is 9.96. The van der Waals surface area contributed by atoms with Crippen LogP contribution in [0.25, 0.3) is 11.1 Å². The van der Waals surface area contributed by atoms with E-state index in [1.807, 2.05) is 0 Å². The van der Waals surface area contributed by atoms with Crippen molar-refractivity contribution in [2.24, 2.45) is 5.92 Å². The third kappa shape index (κ3) is 2.03. The molecular formula is C13H15N3O. The van der Waals surface area contributed by atoms with Crippen LogP contribution in [0.15, 0.2) is 30.5 Å². The lowest BCUT2D eigenvalue weighted by molar-refractivity contribution is -0.0312. The van der Waals surface area contributed by atoms with Crippen LogP contribution in [0.3, 0.4) is 0 Å². The molecule has 1 fully saturated rings. The van der Waals surface area contributed by atoms with Crippen LogP contribution in [0.2, 0.25) is 0 Å². The summed E-state index contributed by atoms with van der Waals surface area (Å²) in [5, 5.41) is 6.67. The Balaban J connectivity index is 1.77. The van der Waals surface area contributed by atoms with Crippen LogP contribution in [-0.2, 0) is 11.2 Å². The number of hydrogen-bond acceptors (Lipinski definition) is 3. The van der Waals surface area contributed by atoms with Crippen molar-refractivity contribution in [1.29, 1.82) is 0 Å². The lowest BCUT2D eigenvalue weighted by Gasteiger charge is -2.25. The Labute approximate surface area is 99.8 Å². The quantitative estimate of drug-likeness (QED) is 0.844. The first-order chi connectivity index (χ1) is 8.33. The van der Waals surface area contributed by atoms with Gasteiger partial charge in [0.1, 0.15) is 5.82 Å². The second-order valence-electron chi connectivity index (χ2n) is 4.50. The smallest absolute Gasteiger partial charge is 0.126 e. The summed E-state index contributed by atoms with van der Waals surface area (Å²) in [5.41, 5.74) is 9.20. The van der Waals surface area contributed by atoms with Gasteiger partial charge in [-0.3, -0.25) is 5.10 Å². The molecule has 0 amide bonds. The minimum atomic E-state index is 0.616. The highest BCUT2D eigenvalue weighted by Crippen LogP contribution is 2.25. The summed E-state index contributed by atoms with van der Waals surface area (Å²) in [6, 6.07) is 8.49. The number of benzene rings is 1. The average molecular weight is 229 g/mol. The van der Waals surface area contributed by atoms with Gasteiger partial charge in [0.05, 0.1) is 19.4 Å². The third-order valence-corrected chi connectivity index (χ3v) is 3.17. The number of nitrogen functional groups attached to an aromatic ring is 1. The van der Waals surface area contributed by atoms with Crippen molar-refractivity contribution in [3.63, 3.8) is 0 Å². The summed E-state index contributed by atoms with van der Waals surface area (Å²) >= 11 is 0. The van der Waals surface area contributed by atoms with Crippen LogP contribution < -0.4 is 5.73 Å². The van der Waals surface area contributed by atoms with Crippen molar-refractivity contribution in [3.05, 3.63) is 36.0 Å². The molecule has 1 aromatic heterocycles. The predicted molar refractivity (Wildman–Crippen MR) is 66.4 cm³/mol. The van der Waals surface area contributed by atoms with Crippen LogP contribution in [-0.4, -0.2) is 23.4 Å². The molecule has 2 heterocycles. The summed E-state index contributed by atoms with van der Waals surface area (Å²) in [6.07, 6.45) is 2.85. The van der Waals surface area contributed by atoms with Gasteiger partial charge in [-0.25, -0.2) is 0 Å². The number of aromatic nitrogens is 2. The molecule has 2 aromatic rings. The van der Waals surface area contributed by atoms with E-state index in [4.69, 9.17) is 10.5 Å². The monoisotopic (exact) mass is 229 g/mol. The Morgan fingerprint density at radius 2 is 2.06 bits per heavy atom. The number of ether oxygens (including phenoxy) is 1. The first-order valence-electron chi connectivity index (χ1n) is 5.79. The zero-order valence-corrected chi connectivity index (χ0v) is 9.52. The van der Waals surface area contributed by atoms with Crippen molar-refractivity contribution < 1.29 is 4.74 Å². The summed E-state index contributed by atoms with van der Waals surface area (Å²) in [7, 11) is 0. The molecule has 0 atom stereocenters. The number of aromatic amines is 1.